The molecule has 0 spiro atoms. The third kappa shape index (κ3) is 5.25. The van der Waals surface area contributed by atoms with Gasteiger partial charge in [-0.3, -0.25) is 0 Å². The second-order valence-corrected chi connectivity index (χ2v) is 9.69. The summed E-state index contributed by atoms with van der Waals surface area (Å²) in [4.78, 5) is 0. The zero-order valence-corrected chi connectivity index (χ0v) is 11.8. The molecule has 1 aromatic rings. The molecule has 1 rings (SSSR count). The van der Waals surface area contributed by atoms with Crippen LogP contribution in [0, 0.1) is 11.5 Å². The molecule has 0 fully saturated rings. The normalized spacial score (nSPS) is 10.5. The van der Waals surface area contributed by atoms with Gasteiger partial charge in [0.1, 0.15) is 20.4 Å². The van der Waals surface area contributed by atoms with Crippen molar-refractivity contribution in [3.63, 3.8) is 0 Å². The molecule has 0 saturated heterocycles. The lowest BCUT2D eigenvalue weighted by Gasteiger charge is -2.04. The van der Waals surface area contributed by atoms with Crippen LogP contribution >= 0.6 is 11.6 Å². The van der Waals surface area contributed by atoms with Crippen LogP contribution in [-0.2, 0) is 0 Å². The summed E-state index contributed by atoms with van der Waals surface area (Å²) in [7, 11) is -1.28. The van der Waals surface area contributed by atoms with Gasteiger partial charge in [0.2, 0.25) is 0 Å². The van der Waals surface area contributed by atoms with Gasteiger partial charge < -0.3 is 4.74 Å². The number of hydrogen-bond donors (Lipinski definition) is 0. The van der Waals surface area contributed by atoms with Crippen LogP contribution in [0.2, 0.25) is 19.6 Å². The van der Waals surface area contributed by atoms with Crippen molar-refractivity contribution in [3.05, 3.63) is 29.8 Å². The molecule has 0 unspecified atom stereocenters. The average molecular weight is 253 g/mol. The van der Waals surface area contributed by atoms with Crippen molar-refractivity contribution < 1.29 is 4.74 Å². The van der Waals surface area contributed by atoms with Crippen LogP contribution in [0.5, 0.6) is 5.75 Å². The molecule has 0 atom stereocenters. The van der Waals surface area contributed by atoms with Crippen LogP contribution in [0.4, 0.5) is 0 Å². The van der Waals surface area contributed by atoms with E-state index in [0.29, 0.717) is 12.5 Å². The molecule has 0 saturated carbocycles. The Balaban J connectivity index is 2.67. The smallest absolute Gasteiger partial charge is 0.129 e. The lowest BCUT2D eigenvalue weighted by atomic mass is 10.2. The Labute approximate surface area is 104 Å². The number of halogens is 1. The number of ether oxygens (including phenoxy) is 1. The topological polar surface area (TPSA) is 9.23 Å². The fraction of sp³-hybridized carbons (Fsp3) is 0.385. The SMILES string of the molecule is C[Si](C)(C)C#Cc1ccc(OCCCl)cc1. The predicted octanol–water partition coefficient (Wildman–Crippen LogP) is 3.53. The Hall–Kier alpha value is -0.913. The van der Waals surface area contributed by atoms with E-state index in [1.165, 1.54) is 0 Å². The molecule has 0 amide bonds. The van der Waals surface area contributed by atoms with E-state index in [4.69, 9.17) is 16.3 Å². The van der Waals surface area contributed by atoms with Gasteiger partial charge in [0.05, 0.1) is 5.88 Å². The summed E-state index contributed by atoms with van der Waals surface area (Å²) in [6.45, 7) is 7.25. The highest BCUT2D eigenvalue weighted by molar-refractivity contribution is 6.83. The van der Waals surface area contributed by atoms with Crippen LogP contribution in [0.3, 0.4) is 0 Å². The van der Waals surface area contributed by atoms with Crippen LogP contribution < -0.4 is 4.74 Å². The van der Waals surface area contributed by atoms with E-state index in [9.17, 15) is 0 Å². The zero-order chi connectivity index (χ0) is 12.0. The lowest BCUT2D eigenvalue weighted by molar-refractivity contribution is 0.343. The third-order valence-electron chi connectivity index (χ3n) is 1.78. The van der Waals surface area contributed by atoms with E-state index in [2.05, 4.69) is 31.1 Å². The molecule has 0 aromatic heterocycles. The predicted molar refractivity (Wildman–Crippen MR) is 72.9 cm³/mol. The first-order valence-electron chi connectivity index (χ1n) is 5.33. The maximum absolute atomic E-state index is 5.54. The summed E-state index contributed by atoms with van der Waals surface area (Å²) >= 11 is 5.54. The maximum Gasteiger partial charge on any atom is 0.129 e. The van der Waals surface area contributed by atoms with Crippen LogP contribution in [0.25, 0.3) is 0 Å². The summed E-state index contributed by atoms with van der Waals surface area (Å²) in [5.74, 6) is 4.56. The molecule has 3 heteroatoms. The van der Waals surface area contributed by atoms with Gasteiger partial charge in [-0.25, -0.2) is 0 Å². The molecule has 0 heterocycles. The van der Waals surface area contributed by atoms with Gasteiger partial charge in [0.15, 0.2) is 0 Å². The molecule has 0 bridgehead atoms. The molecule has 0 radical (unpaired) electrons. The Morgan fingerprint density at radius 3 is 2.31 bits per heavy atom. The van der Waals surface area contributed by atoms with Crippen molar-refractivity contribution in [3.8, 4) is 17.2 Å². The average Bonchev–Trinajstić information content (AvgIpc) is 2.24. The number of benzene rings is 1. The van der Waals surface area contributed by atoms with Gasteiger partial charge in [0, 0.05) is 5.56 Å². The third-order valence-corrected chi connectivity index (χ3v) is 2.81. The standard InChI is InChI=1S/C13H17ClOSi/c1-16(2,3)11-8-12-4-6-13(7-5-12)15-10-9-14/h4-7H,9-10H2,1-3H3. The molecular weight excluding hydrogens is 236 g/mol. The van der Waals surface area contributed by atoms with Gasteiger partial charge in [-0.2, -0.15) is 0 Å². The van der Waals surface area contributed by atoms with E-state index < -0.39 is 8.07 Å². The van der Waals surface area contributed by atoms with E-state index in [0.717, 1.165) is 11.3 Å². The molecule has 0 N–H and O–H groups in total. The highest BCUT2D eigenvalue weighted by atomic mass is 35.5. The van der Waals surface area contributed by atoms with E-state index in [-0.39, 0.29) is 0 Å². The van der Waals surface area contributed by atoms with Crippen molar-refractivity contribution in [2.45, 2.75) is 19.6 Å². The molecule has 16 heavy (non-hydrogen) atoms. The fourth-order valence-electron chi connectivity index (χ4n) is 1.05. The van der Waals surface area contributed by atoms with Gasteiger partial charge >= 0.3 is 0 Å². The van der Waals surface area contributed by atoms with Crippen molar-refractivity contribution in [2.75, 3.05) is 12.5 Å². The van der Waals surface area contributed by atoms with E-state index >= 15 is 0 Å². The Morgan fingerprint density at radius 2 is 1.81 bits per heavy atom. The Kier molecular flexibility index (Phi) is 4.92. The van der Waals surface area contributed by atoms with Gasteiger partial charge in [-0.15, -0.1) is 17.1 Å². The summed E-state index contributed by atoms with van der Waals surface area (Å²) in [5.41, 5.74) is 4.37. The minimum atomic E-state index is -1.28. The molecular formula is C13H17ClOSi. The lowest BCUT2D eigenvalue weighted by Crippen LogP contribution is -2.16. The second-order valence-electron chi connectivity index (χ2n) is 4.56. The fourth-order valence-corrected chi connectivity index (χ4v) is 1.65. The minimum absolute atomic E-state index is 0.511. The highest BCUT2D eigenvalue weighted by Gasteiger charge is 2.07. The van der Waals surface area contributed by atoms with E-state index in [1.54, 1.807) is 0 Å². The number of rotatable bonds is 3. The Morgan fingerprint density at radius 1 is 1.19 bits per heavy atom. The first kappa shape index (κ1) is 13.2. The van der Waals surface area contributed by atoms with E-state index in [1.807, 2.05) is 24.3 Å². The maximum atomic E-state index is 5.54. The van der Waals surface area contributed by atoms with Crippen molar-refractivity contribution in [1.29, 1.82) is 0 Å². The van der Waals surface area contributed by atoms with Gasteiger partial charge in [-0.1, -0.05) is 25.6 Å². The summed E-state index contributed by atoms with van der Waals surface area (Å²) in [6, 6.07) is 7.83. The van der Waals surface area contributed by atoms with Crippen LogP contribution in [0.15, 0.2) is 24.3 Å². The molecule has 0 aliphatic rings. The Bertz CT molecular complexity index is 381. The number of alkyl halides is 1. The monoisotopic (exact) mass is 252 g/mol. The van der Waals surface area contributed by atoms with Crippen molar-refractivity contribution in [2.24, 2.45) is 0 Å². The molecule has 86 valence electrons. The summed E-state index contributed by atoms with van der Waals surface area (Å²) < 4.78 is 5.38. The molecule has 1 aromatic carbocycles. The van der Waals surface area contributed by atoms with Gasteiger partial charge in [0.25, 0.3) is 0 Å². The van der Waals surface area contributed by atoms with Crippen LogP contribution in [0.1, 0.15) is 5.56 Å². The zero-order valence-electron chi connectivity index (χ0n) is 10.0. The summed E-state index contributed by atoms with van der Waals surface area (Å²) in [5, 5.41) is 0. The highest BCUT2D eigenvalue weighted by Crippen LogP contribution is 2.11. The largest absolute Gasteiger partial charge is 0.492 e. The van der Waals surface area contributed by atoms with Crippen molar-refractivity contribution >= 4 is 19.7 Å². The summed E-state index contributed by atoms with van der Waals surface area (Å²) in [6.07, 6.45) is 0. The van der Waals surface area contributed by atoms with Crippen molar-refractivity contribution in [1.82, 2.24) is 0 Å². The van der Waals surface area contributed by atoms with Gasteiger partial charge in [-0.05, 0) is 24.3 Å². The molecule has 0 aliphatic carbocycles. The quantitative estimate of drug-likeness (QED) is 0.454. The molecule has 1 nitrogen and oxygen atoms in total. The first-order valence-corrected chi connectivity index (χ1v) is 9.37. The molecule has 0 aliphatic heterocycles. The van der Waals surface area contributed by atoms with Crippen LogP contribution in [-0.4, -0.2) is 20.6 Å². The minimum Gasteiger partial charge on any atom is -0.492 e. The number of hydrogen-bond acceptors (Lipinski definition) is 1. The first-order chi connectivity index (χ1) is 7.51. The second kappa shape index (κ2) is 5.98.